The molecule has 2 aromatic heterocycles. The van der Waals surface area contributed by atoms with Gasteiger partial charge in [0.1, 0.15) is 5.65 Å². The van der Waals surface area contributed by atoms with Crippen LogP contribution >= 0.6 is 0 Å². The molecule has 0 bridgehead atoms. The van der Waals surface area contributed by atoms with Gasteiger partial charge < -0.3 is 25.0 Å². The molecule has 0 aliphatic heterocycles. The Hall–Kier alpha value is -2.48. The number of fused-ring (bicyclic) bond motifs is 1. The zero-order chi connectivity index (χ0) is 23.2. The summed E-state index contributed by atoms with van der Waals surface area (Å²) in [5, 5.41) is 23.4. The Balaban J connectivity index is 1.66. The predicted molar refractivity (Wildman–Crippen MR) is 133 cm³/mol. The number of hydrogen-bond donors (Lipinski definition) is 3. The van der Waals surface area contributed by atoms with Gasteiger partial charge in [-0.3, -0.25) is 0 Å². The summed E-state index contributed by atoms with van der Waals surface area (Å²) >= 11 is 0. The van der Waals surface area contributed by atoms with Gasteiger partial charge in [-0.2, -0.15) is 4.98 Å². The highest BCUT2D eigenvalue weighted by molar-refractivity contribution is 5.94. The molecule has 3 N–H and O–H groups in total. The first-order valence-electron chi connectivity index (χ1n) is 12.3. The maximum Gasteiger partial charge on any atom is 0.224 e. The minimum absolute atomic E-state index is 0.185. The molecule has 0 atom stereocenters. The summed E-state index contributed by atoms with van der Waals surface area (Å²) in [5.74, 6) is 0.625. The molecule has 1 saturated carbocycles. The van der Waals surface area contributed by atoms with E-state index in [-0.39, 0.29) is 12.7 Å². The van der Waals surface area contributed by atoms with Crippen LogP contribution in [0, 0.1) is 0 Å². The topological polar surface area (TPSA) is 86.4 Å². The van der Waals surface area contributed by atoms with Gasteiger partial charge in [0, 0.05) is 49.1 Å². The maximum absolute atomic E-state index is 10.00. The van der Waals surface area contributed by atoms with Crippen molar-refractivity contribution in [3.8, 4) is 11.1 Å². The summed E-state index contributed by atoms with van der Waals surface area (Å²) in [4.78, 5) is 11.8. The molecule has 7 nitrogen and oxygen atoms in total. The molecule has 0 unspecified atom stereocenters. The van der Waals surface area contributed by atoms with Gasteiger partial charge in [0.15, 0.2) is 0 Å². The number of unbranched alkanes of at least 4 members (excludes halogenated alkanes) is 1. The van der Waals surface area contributed by atoms with Crippen LogP contribution in [0.3, 0.4) is 0 Å². The average Bonchev–Trinajstić information content (AvgIpc) is 3.21. The largest absolute Gasteiger partial charge is 0.396 e. The number of anilines is 1. The van der Waals surface area contributed by atoms with Crippen molar-refractivity contribution in [2.45, 2.75) is 64.1 Å². The summed E-state index contributed by atoms with van der Waals surface area (Å²) in [6, 6.07) is 9.14. The summed E-state index contributed by atoms with van der Waals surface area (Å²) in [5.41, 5.74) is 4.57. The van der Waals surface area contributed by atoms with Crippen LogP contribution in [0.25, 0.3) is 22.2 Å². The lowest BCUT2D eigenvalue weighted by atomic mass is 9.93. The second kappa shape index (κ2) is 11.1. The van der Waals surface area contributed by atoms with Crippen LogP contribution in [0.5, 0.6) is 0 Å². The van der Waals surface area contributed by atoms with E-state index < -0.39 is 0 Å². The normalized spacial score (nSPS) is 18.8. The first kappa shape index (κ1) is 23.7. The summed E-state index contributed by atoms with van der Waals surface area (Å²) in [6.07, 6.45) is 9.19. The van der Waals surface area contributed by atoms with Gasteiger partial charge in [-0.15, -0.1) is 0 Å². The van der Waals surface area contributed by atoms with Gasteiger partial charge in [0.2, 0.25) is 5.95 Å². The van der Waals surface area contributed by atoms with E-state index in [4.69, 9.17) is 10.1 Å². The summed E-state index contributed by atoms with van der Waals surface area (Å²) in [6.45, 7) is 5.08. The van der Waals surface area contributed by atoms with E-state index in [0.717, 1.165) is 74.8 Å². The second-order valence-electron chi connectivity index (χ2n) is 9.23. The van der Waals surface area contributed by atoms with Crippen LogP contribution in [0.15, 0.2) is 36.7 Å². The number of nitrogens with zero attached hydrogens (tertiary/aromatic N) is 4. The van der Waals surface area contributed by atoms with Crippen molar-refractivity contribution in [2.24, 2.45) is 0 Å². The van der Waals surface area contributed by atoms with Crippen molar-refractivity contribution >= 4 is 17.0 Å². The van der Waals surface area contributed by atoms with E-state index in [2.05, 4.69) is 64.2 Å². The molecule has 33 heavy (non-hydrogen) atoms. The van der Waals surface area contributed by atoms with E-state index in [9.17, 15) is 5.11 Å². The number of rotatable bonds is 10. The molecule has 0 saturated heterocycles. The number of nitrogens with one attached hydrogen (secondary N) is 1. The number of hydrogen-bond acceptors (Lipinski definition) is 6. The molecule has 2 heterocycles. The first-order valence-corrected chi connectivity index (χ1v) is 12.3. The van der Waals surface area contributed by atoms with E-state index in [1.165, 1.54) is 11.1 Å². The first-order chi connectivity index (χ1) is 16.1. The minimum atomic E-state index is -0.185. The van der Waals surface area contributed by atoms with Crippen molar-refractivity contribution in [3.05, 3.63) is 42.2 Å². The van der Waals surface area contributed by atoms with E-state index in [1.54, 1.807) is 0 Å². The molecular weight excluding hydrogens is 414 g/mol. The molecule has 178 valence electrons. The van der Waals surface area contributed by atoms with E-state index in [0.29, 0.717) is 12.0 Å². The Morgan fingerprint density at radius 3 is 2.58 bits per heavy atom. The second-order valence-corrected chi connectivity index (χ2v) is 9.23. The van der Waals surface area contributed by atoms with Crippen molar-refractivity contribution in [2.75, 3.05) is 32.1 Å². The van der Waals surface area contributed by atoms with Gasteiger partial charge in [-0.25, -0.2) is 4.98 Å². The highest BCUT2D eigenvalue weighted by Gasteiger charge is 2.24. The number of aliphatic hydroxyl groups is 2. The van der Waals surface area contributed by atoms with Crippen molar-refractivity contribution < 1.29 is 10.2 Å². The van der Waals surface area contributed by atoms with Crippen LogP contribution < -0.4 is 5.32 Å². The molecule has 1 aromatic carbocycles. The summed E-state index contributed by atoms with van der Waals surface area (Å²) in [7, 11) is 2.13. The lowest BCUT2D eigenvalue weighted by Gasteiger charge is -2.27. The van der Waals surface area contributed by atoms with Crippen LogP contribution in [0.1, 0.15) is 57.1 Å². The molecule has 4 rings (SSSR count). The van der Waals surface area contributed by atoms with E-state index in [1.807, 2.05) is 6.20 Å². The van der Waals surface area contributed by atoms with Crippen LogP contribution in [0.4, 0.5) is 5.95 Å². The average molecular weight is 452 g/mol. The van der Waals surface area contributed by atoms with Crippen LogP contribution in [0.2, 0.25) is 0 Å². The number of aliphatic hydroxyl groups excluding tert-OH is 2. The van der Waals surface area contributed by atoms with Gasteiger partial charge in [-0.05, 0) is 63.2 Å². The Labute approximate surface area is 196 Å². The third-order valence-corrected chi connectivity index (χ3v) is 6.76. The maximum atomic E-state index is 10.00. The zero-order valence-corrected chi connectivity index (χ0v) is 19.9. The molecule has 0 amide bonds. The fourth-order valence-electron chi connectivity index (χ4n) is 4.61. The number of benzene rings is 1. The molecule has 0 spiro atoms. The fourth-order valence-corrected chi connectivity index (χ4v) is 4.61. The smallest absolute Gasteiger partial charge is 0.224 e. The Bertz CT molecular complexity index is 1030. The SMILES string of the molecule is CCN(C)Cc1ccc(-c2cn(C3CCC(O)CC3)c3nc(NCCCCO)ncc23)cc1. The molecule has 1 fully saturated rings. The molecule has 1 aliphatic carbocycles. The molecular formula is C26H37N5O2. The highest BCUT2D eigenvalue weighted by atomic mass is 16.3. The Morgan fingerprint density at radius 1 is 1.12 bits per heavy atom. The van der Waals surface area contributed by atoms with Gasteiger partial charge in [-0.1, -0.05) is 31.2 Å². The van der Waals surface area contributed by atoms with Gasteiger partial charge >= 0.3 is 0 Å². The molecule has 1 aliphatic rings. The van der Waals surface area contributed by atoms with Crippen LogP contribution in [-0.2, 0) is 6.54 Å². The van der Waals surface area contributed by atoms with Crippen molar-refractivity contribution in [3.63, 3.8) is 0 Å². The Kier molecular flexibility index (Phi) is 7.96. The van der Waals surface area contributed by atoms with Crippen molar-refractivity contribution in [1.82, 2.24) is 19.4 Å². The quantitative estimate of drug-likeness (QED) is 0.400. The fraction of sp³-hybridized carbons (Fsp3) is 0.538. The zero-order valence-electron chi connectivity index (χ0n) is 19.9. The van der Waals surface area contributed by atoms with Gasteiger partial charge in [0.05, 0.1) is 6.10 Å². The predicted octanol–water partition coefficient (Wildman–Crippen LogP) is 4.21. The standard InChI is InChI=1S/C26H37N5O2/c1-3-30(2)17-19-6-8-20(9-7-19)24-18-31(21-10-12-22(33)13-11-21)25-23(24)16-28-26(29-25)27-14-4-5-15-32/h6-9,16,18,21-22,32-33H,3-5,10-15,17H2,1-2H3,(H,27,28,29). The number of aromatic nitrogens is 3. The molecule has 3 aromatic rings. The summed E-state index contributed by atoms with van der Waals surface area (Å²) < 4.78 is 2.30. The third kappa shape index (κ3) is 5.72. The van der Waals surface area contributed by atoms with E-state index >= 15 is 0 Å². The lowest BCUT2D eigenvalue weighted by molar-refractivity contribution is 0.111. The van der Waals surface area contributed by atoms with Crippen LogP contribution in [-0.4, -0.2) is 62.5 Å². The molecule has 7 heteroatoms. The lowest BCUT2D eigenvalue weighted by Crippen LogP contribution is -2.21. The monoisotopic (exact) mass is 451 g/mol. The molecule has 0 radical (unpaired) electrons. The highest BCUT2D eigenvalue weighted by Crippen LogP contribution is 2.36. The third-order valence-electron chi connectivity index (χ3n) is 6.76. The van der Waals surface area contributed by atoms with Gasteiger partial charge in [0.25, 0.3) is 0 Å². The Morgan fingerprint density at radius 2 is 1.88 bits per heavy atom. The minimum Gasteiger partial charge on any atom is -0.396 e. The van der Waals surface area contributed by atoms with Crippen molar-refractivity contribution in [1.29, 1.82) is 0 Å².